The zero-order valence-electron chi connectivity index (χ0n) is 13.4. The summed E-state index contributed by atoms with van der Waals surface area (Å²) >= 11 is 5.99. The quantitative estimate of drug-likeness (QED) is 0.722. The Hall–Kier alpha value is -0.570. The number of benzene rings is 1. The number of nitrogens with zero attached hydrogens (tertiary/aromatic N) is 1. The Balaban J connectivity index is 1.87. The van der Waals surface area contributed by atoms with Crippen molar-refractivity contribution in [3.63, 3.8) is 0 Å². The van der Waals surface area contributed by atoms with Crippen LogP contribution >= 0.6 is 11.6 Å². The molecule has 2 nitrogen and oxygen atoms in total. The monoisotopic (exact) mass is 308 g/mol. The van der Waals surface area contributed by atoms with Crippen molar-refractivity contribution in [1.82, 2.24) is 10.2 Å². The number of halogens is 1. The first-order chi connectivity index (χ1) is 10.2. The van der Waals surface area contributed by atoms with Gasteiger partial charge in [0.15, 0.2) is 0 Å². The van der Waals surface area contributed by atoms with E-state index in [4.69, 9.17) is 11.6 Å². The zero-order chi connectivity index (χ0) is 15.1. The summed E-state index contributed by atoms with van der Waals surface area (Å²) in [6.45, 7) is 9.08. The Kier molecular flexibility index (Phi) is 7.01. The van der Waals surface area contributed by atoms with Gasteiger partial charge in [-0.25, -0.2) is 0 Å². The highest BCUT2D eigenvalue weighted by atomic mass is 35.5. The normalized spacial score (nSPS) is 17.0. The molecule has 3 heteroatoms. The average Bonchev–Trinajstić information content (AvgIpc) is 2.45. The summed E-state index contributed by atoms with van der Waals surface area (Å²) in [5.74, 6) is 0.957. The summed E-state index contributed by atoms with van der Waals surface area (Å²) in [5, 5.41) is 4.42. The average molecular weight is 309 g/mol. The predicted octanol–water partition coefficient (Wildman–Crippen LogP) is 4.50. The first kappa shape index (κ1) is 16.8. The van der Waals surface area contributed by atoms with E-state index < -0.39 is 0 Å². The van der Waals surface area contributed by atoms with E-state index in [0.717, 1.165) is 30.5 Å². The third kappa shape index (κ3) is 5.28. The molecule has 21 heavy (non-hydrogen) atoms. The zero-order valence-corrected chi connectivity index (χ0v) is 14.2. The van der Waals surface area contributed by atoms with Gasteiger partial charge in [0.05, 0.1) is 0 Å². The fraction of sp³-hybridized carbons (Fsp3) is 0.667. The molecule has 2 rings (SSSR count). The van der Waals surface area contributed by atoms with Crippen LogP contribution < -0.4 is 5.32 Å². The van der Waals surface area contributed by atoms with Crippen LogP contribution in [0.2, 0.25) is 5.02 Å². The molecule has 1 atom stereocenters. The molecule has 1 saturated carbocycles. The fourth-order valence-electron chi connectivity index (χ4n) is 3.06. The van der Waals surface area contributed by atoms with E-state index in [-0.39, 0.29) is 0 Å². The second kappa shape index (κ2) is 8.77. The molecule has 1 aliphatic rings. The number of hydrogen-bond acceptors (Lipinski definition) is 2. The molecule has 0 saturated heterocycles. The summed E-state index contributed by atoms with van der Waals surface area (Å²) in [5.41, 5.74) is 1.35. The molecule has 0 radical (unpaired) electrons. The lowest BCUT2D eigenvalue weighted by Gasteiger charge is -2.32. The molecule has 0 bridgehead atoms. The minimum Gasteiger partial charge on any atom is -0.310 e. The SMILES string of the molecule is CCNC(CCN(CC)CC1CCC1)c1ccc(Cl)cc1. The van der Waals surface area contributed by atoms with Crippen molar-refractivity contribution in [2.75, 3.05) is 26.2 Å². The maximum absolute atomic E-state index is 5.99. The molecule has 1 unspecified atom stereocenters. The van der Waals surface area contributed by atoms with Gasteiger partial charge in [0, 0.05) is 17.6 Å². The van der Waals surface area contributed by atoms with E-state index in [1.807, 2.05) is 12.1 Å². The van der Waals surface area contributed by atoms with Crippen LogP contribution in [0.5, 0.6) is 0 Å². The van der Waals surface area contributed by atoms with Crippen molar-refractivity contribution in [1.29, 1.82) is 0 Å². The van der Waals surface area contributed by atoms with Crippen LogP contribution in [-0.2, 0) is 0 Å². The van der Waals surface area contributed by atoms with Gasteiger partial charge < -0.3 is 10.2 Å². The highest BCUT2D eigenvalue weighted by Gasteiger charge is 2.20. The van der Waals surface area contributed by atoms with E-state index in [0.29, 0.717) is 6.04 Å². The second-order valence-corrected chi connectivity index (χ2v) is 6.58. The van der Waals surface area contributed by atoms with Crippen molar-refractivity contribution in [3.05, 3.63) is 34.9 Å². The first-order valence-electron chi connectivity index (χ1n) is 8.44. The number of rotatable bonds is 9. The minimum absolute atomic E-state index is 0.433. The topological polar surface area (TPSA) is 15.3 Å². The minimum atomic E-state index is 0.433. The van der Waals surface area contributed by atoms with Gasteiger partial charge in [-0.1, -0.05) is 44.0 Å². The van der Waals surface area contributed by atoms with E-state index >= 15 is 0 Å². The molecule has 0 aromatic heterocycles. The van der Waals surface area contributed by atoms with Crippen LogP contribution in [0.15, 0.2) is 24.3 Å². The molecule has 0 aliphatic heterocycles. The van der Waals surface area contributed by atoms with Gasteiger partial charge in [-0.05, 0) is 62.5 Å². The van der Waals surface area contributed by atoms with Crippen molar-refractivity contribution >= 4 is 11.6 Å². The van der Waals surface area contributed by atoms with E-state index in [2.05, 4.69) is 36.2 Å². The molecule has 1 aromatic rings. The molecule has 1 N–H and O–H groups in total. The summed E-state index contributed by atoms with van der Waals surface area (Å²) in [6.07, 6.45) is 5.47. The van der Waals surface area contributed by atoms with Crippen LogP contribution in [0.3, 0.4) is 0 Å². The standard InChI is InChI=1S/C18H29ClN2/c1-3-20-18(16-8-10-17(19)11-9-16)12-13-21(4-2)14-15-6-5-7-15/h8-11,15,18,20H,3-7,12-14H2,1-2H3. The highest BCUT2D eigenvalue weighted by molar-refractivity contribution is 6.30. The van der Waals surface area contributed by atoms with Gasteiger partial charge in [0.2, 0.25) is 0 Å². The van der Waals surface area contributed by atoms with Crippen LogP contribution in [0.4, 0.5) is 0 Å². The maximum atomic E-state index is 5.99. The molecular weight excluding hydrogens is 280 g/mol. The lowest BCUT2D eigenvalue weighted by Crippen LogP contribution is -2.35. The Morgan fingerprint density at radius 1 is 1.24 bits per heavy atom. The van der Waals surface area contributed by atoms with Crippen LogP contribution in [0, 0.1) is 5.92 Å². The highest BCUT2D eigenvalue weighted by Crippen LogP contribution is 2.27. The number of hydrogen-bond donors (Lipinski definition) is 1. The Bertz CT molecular complexity index is 400. The van der Waals surface area contributed by atoms with Gasteiger partial charge >= 0.3 is 0 Å². The molecular formula is C18H29ClN2. The molecule has 1 aliphatic carbocycles. The van der Waals surface area contributed by atoms with Crippen molar-refractivity contribution in [2.45, 2.75) is 45.6 Å². The van der Waals surface area contributed by atoms with Crippen LogP contribution in [0.1, 0.15) is 51.1 Å². The maximum Gasteiger partial charge on any atom is 0.0406 e. The smallest absolute Gasteiger partial charge is 0.0406 e. The summed E-state index contributed by atoms with van der Waals surface area (Å²) in [6, 6.07) is 8.72. The van der Waals surface area contributed by atoms with Crippen molar-refractivity contribution < 1.29 is 0 Å². The van der Waals surface area contributed by atoms with Gasteiger partial charge in [-0.2, -0.15) is 0 Å². The lowest BCUT2D eigenvalue weighted by molar-refractivity contribution is 0.177. The molecule has 1 fully saturated rings. The van der Waals surface area contributed by atoms with E-state index in [1.54, 1.807) is 0 Å². The van der Waals surface area contributed by atoms with Gasteiger partial charge in [0.25, 0.3) is 0 Å². The first-order valence-corrected chi connectivity index (χ1v) is 8.82. The van der Waals surface area contributed by atoms with Gasteiger partial charge in [-0.15, -0.1) is 0 Å². The largest absolute Gasteiger partial charge is 0.310 e. The molecule has 0 spiro atoms. The van der Waals surface area contributed by atoms with Gasteiger partial charge in [-0.3, -0.25) is 0 Å². The lowest BCUT2D eigenvalue weighted by atomic mass is 9.85. The van der Waals surface area contributed by atoms with Crippen molar-refractivity contribution in [2.24, 2.45) is 5.92 Å². The van der Waals surface area contributed by atoms with Crippen LogP contribution in [-0.4, -0.2) is 31.1 Å². The van der Waals surface area contributed by atoms with E-state index in [9.17, 15) is 0 Å². The Morgan fingerprint density at radius 2 is 1.95 bits per heavy atom. The van der Waals surface area contributed by atoms with Crippen molar-refractivity contribution in [3.8, 4) is 0 Å². The Morgan fingerprint density at radius 3 is 2.48 bits per heavy atom. The molecule has 118 valence electrons. The second-order valence-electron chi connectivity index (χ2n) is 6.14. The molecule has 0 amide bonds. The summed E-state index contributed by atoms with van der Waals surface area (Å²) in [7, 11) is 0. The Labute approximate surface area is 134 Å². The summed E-state index contributed by atoms with van der Waals surface area (Å²) < 4.78 is 0. The fourth-order valence-corrected chi connectivity index (χ4v) is 3.18. The predicted molar refractivity (Wildman–Crippen MR) is 91.9 cm³/mol. The third-order valence-corrected chi connectivity index (χ3v) is 4.90. The summed E-state index contributed by atoms with van der Waals surface area (Å²) in [4.78, 5) is 2.62. The van der Waals surface area contributed by atoms with Crippen LogP contribution in [0.25, 0.3) is 0 Å². The number of nitrogens with one attached hydrogen (secondary N) is 1. The van der Waals surface area contributed by atoms with Gasteiger partial charge in [0.1, 0.15) is 0 Å². The molecule has 1 aromatic carbocycles. The third-order valence-electron chi connectivity index (χ3n) is 4.65. The van der Waals surface area contributed by atoms with E-state index in [1.165, 1.54) is 37.9 Å². The molecule has 0 heterocycles.